The van der Waals surface area contributed by atoms with Crippen LogP contribution >= 0.6 is 37.2 Å². The van der Waals surface area contributed by atoms with E-state index in [2.05, 4.69) is 15.4 Å². The highest BCUT2D eigenvalue weighted by Crippen LogP contribution is 2.17. The highest BCUT2D eigenvalue weighted by Gasteiger charge is 2.09. The molecular formula is C14H16Cl3N5O2. The molecular weight excluding hydrogens is 377 g/mol. The molecule has 1 heterocycles. The number of benzene rings is 2. The molecule has 6 N–H and O–H groups in total. The Bertz CT molecular complexity index is 808. The predicted octanol–water partition coefficient (Wildman–Crippen LogP) is 3.18. The Kier molecular flexibility index (Phi) is 8.18. The number of hydrogen-bond donors (Lipinski definition) is 4. The molecule has 7 nitrogen and oxygen atoms in total. The minimum absolute atomic E-state index is 0. The molecule has 24 heavy (non-hydrogen) atoms. The van der Waals surface area contributed by atoms with Crippen molar-refractivity contribution in [2.45, 2.75) is 0 Å². The van der Waals surface area contributed by atoms with Crippen molar-refractivity contribution < 1.29 is 9.63 Å². The highest BCUT2D eigenvalue weighted by atomic mass is 35.5. The van der Waals surface area contributed by atoms with Crippen molar-refractivity contribution in [3.63, 3.8) is 0 Å². The van der Waals surface area contributed by atoms with Crippen molar-refractivity contribution in [3.05, 3.63) is 48.0 Å². The number of fused-ring (bicyclic) bond motifs is 1. The number of carbonyl (C=O) groups excluding carboxylic acids is 1. The summed E-state index contributed by atoms with van der Waals surface area (Å²) in [4.78, 5) is 23.9. The molecule has 1 aromatic heterocycles. The summed E-state index contributed by atoms with van der Waals surface area (Å²) in [5, 5.41) is 0. The Morgan fingerprint density at radius 1 is 1.00 bits per heavy atom. The van der Waals surface area contributed by atoms with Crippen molar-refractivity contribution >= 4 is 71.5 Å². The second-order valence-electron chi connectivity index (χ2n) is 4.48. The zero-order chi connectivity index (χ0) is 14.8. The molecule has 0 aliphatic rings. The Hall–Kier alpha value is -2.35. The van der Waals surface area contributed by atoms with Crippen molar-refractivity contribution in [2.24, 2.45) is 0 Å². The molecule has 0 saturated carbocycles. The van der Waals surface area contributed by atoms with Crippen molar-refractivity contribution in [1.82, 2.24) is 9.97 Å². The number of imidazole rings is 1. The van der Waals surface area contributed by atoms with Gasteiger partial charge in [0.25, 0.3) is 0 Å². The van der Waals surface area contributed by atoms with E-state index in [9.17, 15) is 4.79 Å². The van der Waals surface area contributed by atoms with E-state index in [1.807, 2.05) is 0 Å². The summed E-state index contributed by atoms with van der Waals surface area (Å²) in [5.74, 6) is -0.214. The lowest BCUT2D eigenvalue weighted by atomic mass is 10.2. The number of halogens is 3. The van der Waals surface area contributed by atoms with E-state index in [0.29, 0.717) is 22.9 Å². The topological polar surface area (TPSA) is 119 Å². The van der Waals surface area contributed by atoms with Gasteiger partial charge in [0.1, 0.15) is 0 Å². The molecule has 0 bridgehead atoms. The maximum Gasteiger partial charge on any atom is 0.362 e. The van der Waals surface area contributed by atoms with Crippen molar-refractivity contribution in [3.8, 4) is 0 Å². The van der Waals surface area contributed by atoms with Gasteiger partial charge in [-0.2, -0.15) is 5.48 Å². The number of rotatable bonds is 3. The van der Waals surface area contributed by atoms with Gasteiger partial charge in [0.2, 0.25) is 5.95 Å². The molecule has 3 aromatic rings. The molecule has 2 aromatic carbocycles. The molecule has 0 unspecified atom stereocenters. The van der Waals surface area contributed by atoms with Crippen LogP contribution in [-0.2, 0) is 4.84 Å². The lowest BCUT2D eigenvalue weighted by Crippen LogP contribution is -2.11. The summed E-state index contributed by atoms with van der Waals surface area (Å²) >= 11 is 0. The van der Waals surface area contributed by atoms with Gasteiger partial charge in [-0.3, -0.25) is 0 Å². The number of H-pyrrole nitrogens is 1. The van der Waals surface area contributed by atoms with Crippen molar-refractivity contribution in [1.29, 1.82) is 0 Å². The number of carbonyl (C=O) groups is 1. The Labute approximate surface area is 156 Å². The Balaban J connectivity index is 0.00000176. The smallest absolute Gasteiger partial charge is 0.362 e. The van der Waals surface area contributed by atoms with Crippen LogP contribution in [0.3, 0.4) is 0 Å². The van der Waals surface area contributed by atoms with Crippen LogP contribution in [-0.4, -0.2) is 15.9 Å². The van der Waals surface area contributed by atoms with E-state index >= 15 is 0 Å². The normalized spacial score (nSPS) is 9.17. The fourth-order valence-electron chi connectivity index (χ4n) is 1.85. The molecule has 0 aliphatic carbocycles. The van der Waals surface area contributed by atoms with Gasteiger partial charge in [0.15, 0.2) is 0 Å². The van der Waals surface area contributed by atoms with Gasteiger partial charge in [-0.05, 0) is 42.5 Å². The molecule has 0 spiro atoms. The first-order valence-electron chi connectivity index (χ1n) is 6.20. The molecule has 0 saturated heterocycles. The van der Waals surface area contributed by atoms with Gasteiger partial charge in [-0.1, -0.05) is 0 Å². The Morgan fingerprint density at radius 2 is 1.62 bits per heavy atom. The average Bonchev–Trinajstić information content (AvgIpc) is 2.87. The van der Waals surface area contributed by atoms with Gasteiger partial charge in [0.05, 0.1) is 16.6 Å². The maximum absolute atomic E-state index is 11.8. The fraction of sp³-hybridized carbons (Fsp3) is 0. The molecule has 0 radical (unpaired) electrons. The van der Waals surface area contributed by atoms with Crippen LogP contribution in [0.4, 0.5) is 17.3 Å². The van der Waals surface area contributed by atoms with E-state index in [0.717, 1.165) is 11.0 Å². The molecule has 10 heteroatoms. The van der Waals surface area contributed by atoms with Crippen LogP contribution in [0.2, 0.25) is 0 Å². The van der Waals surface area contributed by atoms with E-state index in [1.54, 1.807) is 42.5 Å². The summed E-state index contributed by atoms with van der Waals surface area (Å²) in [5.41, 5.74) is 16.8. The average molecular weight is 393 g/mol. The maximum atomic E-state index is 11.8. The first-order chi connectivity index (χ1) is 10.1. The fourth-order valence-corrected chi connectivity index (χ4v) is 1.85. The third-order valence-electron chi connectivity index (χ3n) is 2.89. The molecule has 0 aliphatic heterocycles. The molecule has 130 valence electrons. The lowest BCUT2D eigenvalue weighted by Gasteiger charge is -2.03. The number of aromatic nitrogens is 2. The minimum Gasteiger partial charge on any atom is -0.399 e. The summed E-state index contributed by atoms with van der Waals surface area (Å²) < 4.78 is 0. The van der Waals surface area contributed by atoms with Crippen LogP contribution in [0, 0.1) is 0 Å². The number of anilines is 3. The minimum atomic E-state index is -0.532. The number of nitrogens with two attached hydrogens (primary N) is 2. The predicted molar refractivity (Wildman–Crippen MR) is 102 cm³/mol. The van der Waals surface area contributed by atoms with Crippen LogP contribution in [0.15, 0.2) is 42.5 Å². The van der Waals surface area contributed by atoms with Gasteiger partial charge < -0.3 is 21.3 Å². The van der Waals surface area contributed by atoms with Crippen molar-refractivity contribution in [2.75, 3.05) is 16.9 Å². The standard InChI is InChI=1S/C14H13N5O2.3ClH/c15-9-3-1-8(2-4-9)13(20)21-19-14-17-11-6-5-10(16)7-12(11)18-14;;;/h1-7H,15-16H2,(H2,17,18,19);3*1H. The number of hydrogen-bond acceptors (Lipinski definition) is 6. The molecule has 0 atom stereocenters. The summed E-state index contributed by atoms with van der Waals surface area (Å²) in [6.07, 6.45) is 0. The van der Waals surface area contributed by atoms with Gasteiger partial charge in [-0.25, -0.2) is 9.78 Å². The molecule has 0 fully saturated rings. The third kappa shape index (κ3) is 4.82. The summed E-state index contributed by atoms with van der Waals surface area (Å²) in [6, 6.07) is 11.7. The zero-order valence-electron chi connectivity index (χ0n) is 12.2. The third-order valence-corrected chi connectivity index (χ3v) is 2.89. The van der Waals surface area contributed by atoms with E-state index in [-0.39, 0.29) is 37.2 Å². The molecule has 3 rings (SSSR count). The number of aromatic amines is 1. The molecule has 0 amide bonds. The first kappa shape index (κ1) is 21.6. The highest BCUT2D eigenvalue weighted by molar-refractivity contribution is 5.90. The zero-order valence-corrected chi connectivity index (χ0v) is 14.6. The van der Waals surface area contributed by atoms with Gasteiger partial charge in [0, 0.05) is 11.4 Å². The largest absolute Gasteiger partial charge is 0.399 e. The first-order valence-corrected chi connectivity index (χ1v) is 6.20. The van der Waals surface area contributed by atoms with Gasteiger partial charge in [-0.15, -0.1) is 37.2 Å². The second kappa shape index (κ2) is 9.07. The summed E-state index contributed by atoms with van der Waals surface area (Å²) in [6.45, 7) is 0. The van der Waals surface area contributed by atoms with E-state index in [4.69, 9.17) is 16.3 Å². The number of nitrogens with zero attached hydrogens (tertiary/aromatic N) is 1. The van der Waals surface area contributed by atoms with Crippen LogP contribution < -0.4 is 16.9 Å². The number of nitrogen functional groups attached to an aromatic ring is 2. The van der Waals surface area contributed by atoms with Crippen LogP contribution in [0.25, 0.3) is 11.0 Å². The van der Waals surface area contributed by atoms with E-state index < -0.39 is 5.97 Å². The Morgan fingerprint density at radius 3 is 2.29 bits per heavy atom. The second-order valence-corrected chi connectivity index (χ2v) is 4.48. The SMILES string of the molecule is Cl.Cl.Cl.Nc1ccc(C(=O)ONc2nc3ccc(N)cc3[nH]2)cc1. The summed E-state index contributed by atoms with van der Waals surface area (Å²) in [7, 11) is 0. The number of nitrogens with one attached hydrogen (secondary N) is 2. The lowest BCUT2D eigenvalue weighted by molar-refractivity contribution is 0.0593. The van der Waals surface area contributed by atoms with Gasteiger partial charge >= 0.3 is 5.97 Å². The quantitative estimate of drug-likeness (QED) is 0.401. The van der Waals surface area contributed by atoms with E-state index in [1.165, 1.54) is 0 Å². The van der Waals surface area contributed by atoms with Crippen LogP contribution in [0.1, 0.15) is 10.4 Å². The monoisotopic (exact) mass is 391 g/mol. The van der Waals surface area contributed by atoms with Crippen LogP contribution in [0.5, 0.6) is 0 Å².